The molecule has 11 nitrogen and oxygen atoms in total. The first-order valence-electron chi connectivity index (χ1n) is 14.8. The van der Waals surface area contributed by atoms with Crippen LogP contribution in [-0.2, 0) is 4.79 Å². The molecule has 0 radical (unpaired) electrons. The van der Waals surface area contributed by atoms with E-state index in [0.29, 0.717) is 78.2 Å². The summed E-state index contributed by atoms with van der Waals surface area (Å²) in [7, 11) is 3.07. The summed E-state index contributed by atoms with van der Waals surface area (Å²) >= 11 is 0. The van der Waals surface area contributed by atoms with Crippen LogP contribution in [0.3, 0.4) is 0 Å². The van der Waals surface area contributed by atoms with Crippen LogP contribution in [0.1, 0.15) is 52.8 Å². The van der Waals surface area contributed by atoms with Crippen LogP contribution >= 0.6 is 0 Å². The lowest BCUT2D eigenvalue weighted by molar-refractivity contribution is -0.119. The zero-order chi connectivity index (χ0) is 31.0. The Bertz CT molecular complexity index is 1580. The fourth-order valence-electron chi connectivity index (χ4n) is 6.08. The number of unbranched alkanes of at least 4 members (excludes halogenated alkanes) is 2. The fourth-order valence-corrected chi connectivity index (χ4v) is 6.08. The van der Waals surface area contributed by atoms with Crippen LogP contribution in [0.25, 0.3) is 0 Å². The summed E-state index contributed by atoms with van der Waals surface area (Å²) < 4.78 is 23.1. The number of amides is 3. The van der Waals surface area contributed by atoms with Gasteiger partial charge >= 0.3 is 0 Å². The molecule has 1 N–H and O–H groups in total. The van der Waals surface area contributed by atoms with Crippen molar-refractivity contribution in [1.29, 1.82) is 0 Å². The van der Waals surface area contributed by atoms with Crippen molar-refractivity contribution >= 4 is 35.3 Å². The van der Waals surface area contributed by atoms with Crippen LogP contribution < -0.4 is 24.3 Å². The second kappa shape index (κ2) is 12.1. The number of carbonyl (C=O) groups is 3. The summed E-state index contributed by atoms with van der Waals surface area (Å²) in [5, 5.41) is 2.88. The van der Waals surface area contributed by atoms with Crippen molar-refractivity contribution in [2.75, 3.05) is 45.8 Å². The van der Waals surface area contributed by atoms with Crippen molar-refractivity contribution < 1.29 is 33.3 Å². The second-order valence-electron chi connectivity index (χ2n) is 11.5. The SMILES string of the molecule is C=C1C[C@H]2C=Nc3cc(OCCCCCOc4cc5c(cc4OC)C(=O)N4CC(=C)C[C@H]4C(=O)N5)c(OC)cc3C(=O)N2C1. The third kappa shape index (κ3) is 5.49. The molecule has 2 fully saturated rings. The van der Waals surface area contributed by atoms with E-state index in [1.807, 2.05) is 6.21 Å². The molecule has 3 amide bonds. The maximum absolute atomic E-state index is 13.2. The molecule has 2 aromatic rings. The molecule has 230 valence electrons. The topological polar surface area (TPSA) is 119 Å². The predicted octanol–water partition coefficient (Wildman–Crippen LogP) is 4.54. The maximum atomic E-state index is 13.2. The van der Waals surface area contributed by atoms with Gasteiger partial charge in [0.1, 0.15) is 6.04 Å². The van der Waals surface area contributed by atoms with Gasteiger partial charge in [0.05, 0.1) is 56.0 Å². The standard InChI is InChI=1S/C33H36N4O7/c1-19-10-21-16-34-24-14-29(27(41-3)12-22(24)32(39)36(21)17-19)43-8-6-5-7-9-44-30-15-25-23(13-28(30)42-4)33(40)37-18-20(2)11-26(37)31(38)35-25/h12-16,21,26H,1-2,5-11,17-18H2,3-4H3,(H,35,38)/t21-,26-/m0/s1. The van der Waals surface area contributed by atoms with Crippen molar-refractivity contribution in [2.45, 2.75) is 44.2 Å². The Morgan fingerprint density at radius 1 is 0.795 bits per heavy atom. The Hall–Kier alpha value is -4.80. The average Bonchev–Trinajstić information content (AvgIpc) is 3.55. The summed E-state index contributed by atoms with van der Waals surface area (Å²) in [5.41, 5.74) is 3.71. The summed E-state index contributed by atoms with van der Waals surface area (Å²) in [6, 6.07) is 6.10. The molecule has 2 atom stereocenters. The number of nitrogens with zero attached hydrogens (tertiary/aromatic N) is 3. The molecule has 0 aromatic heterocycles. The first-order valence-corrected chi connectivity index (χ1v) is 14.8. The summed E-state index contributed by atoms with van der Waals surface area (Å²) in [5.74, 6) is 1.35. The highest BCUT2D eigenvalue weighted by Gasteiger charge is 2.40. The van der Waals surface area contributed by atoms with Crippen molar-refractivity contribution in [3.63, 3.8) is 0 Å². The van der Waals surface area contributed by atoms with Crippen molar-refractivity contribution in [3.05, 3.63) is 59.7 Å². The minimum atomic E-state index is -0.556. The molecular weight excluding hydrogens is 564 g/mol. The monoisotopic (exact) mass is 600 g/mol. The molecule has 4 aliphatic rings. The Labute approximate surface area is 256 Å². The molecule has 4 aliphatic heterocycles. The molecule has 4 heterocycles. The molecule has 6 rings (SSSR count). The lowest BCUT2D eigenvalue weighted by atomic mass is 10.1. The number of nitrogens with one attached hydrogen (secondary N) is 1. The van der Waals surface area contributed by atoms with Crippen LogP contribution in [0.4, 0.5) is 11.4 Å². The summed E-state index contributed by atoms with van der Waals surface area (Å²) in [4.78, 5) is 47.1. The number of hydrogen-bond acceptors (Lipinski definition) is 8. The van der Waals surface area contributed by atoms with Gasteiger partial charge in [0.15, 0.2) is 23.0 Å². The highest BCUT2D eigenvalue weighted by molar-refractivity contribution is 6.11. The van der Waals surface area contributed by atoms with E-state index in [4.69, 9.17) is 18.9 Å². The van der Waals surface area contributed by atoms with Gasteiger partial charge in [0.2, 0.25) is 5.91 Å². The quantitative estimate of drug-likeness (QED) is 0.314. The zero-order valence-corrected chi connectivity index (χ0v) is 25.0. The van der Waals surface area contributed by atoms with E-state index in [0.717, 1.165) is 36.8 Å². The normalized spacial score (nSPS) is 20.4. The van der Waals surface area contributed by atoms with Gasteiger partial charge in [-0.15, -0.1) is 0 Å². The minimum absolute atomic E-state index is 0.0782. The number of carbonyl (C=O) groups excluding carboxylic acids is 3. The van der Waals surface area contributed by atoms with Crippen LogP contribution in [0, 0.1) is 0 Å². The molecule has 2 saturated heterocycles. The maximum Gasteiger partial charge on any atom is 0.257 e. The predicted molar refractivity (Wildman–Crippen MR) is 165 cm³/mol. The van der Waals surface area contributed by atoms with Crippen LogP contribution in [0.2, 0.25) is 0 Å². The first kappa shape index (κ1) is 29.3. The van der Waals surface area contributed by atoms with Gasteiger partial charge in [-0.2, -0.15) is 0 Å². The number of methoxy groups -OCH3 is 2. The molecule has 0 spiro atoms. The van der Waals surface area contributed by atoms with Gasteiger partial charge in [-0.1, -0.05) is 24.3 Å². The Kier molecular flexibility index (Phi) is 8.03. The fraction of sp³-hybridized carbons (Fsp3) is 0.394. The third-order valence-corrected chi connectivity index (χ3v) is 8.36. The van der Waals surface area contributed by atoms with Crippen molar-refractivity contribution in [2.24, 2.45) is 4.99 Å². The minimum Gasteiger partial charge on any atom is -0.493 e. The van der Waals surface area contributed by atoms with Crippen molar-refractivity contribution in [1.82, 2.24) is 9.80 Å². The molecule has 11 heteroatoms. The van der Waals surface area contributed by atoms with Crippen LogP contribution in [0.5, 0.6) is 23.0 Å². The summed E-state index contributed by atoms with van der Waals surface area (Å²) in [6.07, 6.45) is 5.32. The molecule has 0 bridgehead atoms. The Morgan fingerprint density at radius 3 is 2.11 bits per heavy atom. The van der Waals surface area contributed by atoms with E-state index in [1.54, 1.807) is 41.2 Å². The molecule has 2 aromatic carbocycles. The van der Waals surface area contributed by atoms with E-state index in [2.05, 4.69) is 23.5 Å². The Balaban J connectivity index is 1.03. The number of rotatable bonds is 10. The van der Waals surface area contributed by atoms with Gasteiger partial charge < -0.3 is 34.1 Å². The van der Waals surface area contributed by atoms with Gasteiger partial charge in [0, 0.05) is 31.4 Å². The van der Waals surface area contributed by atoms with E-state index >= 15 is 0 Å². The number of aliphatic imine (C=N–C) groups is 1. The molecule has 0 saturated carbocycles. The summed E-state index contributed by atoms with van der Waals surface area (Å²) in [6.45, 7) is 9.72. The number of anilines is 1. The Morgan fingerprint density at radius 2 is 1.41 bits per heavy atom. The first-order chi connectivity index (χ1) is 21.3. The van der Waals surface area contributed by atoms with Gasteiger partial charge in [-0.25, -0.2) is 0 Å². The van der Waals surface area contributed by atoms with E-state index in [-0.39, 0.29) is 23.8 Å². The molecular formula is C33H36N4O7. The lowest BCUT2D eigenvalue weighted by Crippen LogP contribution is -2.40. The number of benzene rings is 2. The van der Waals surface area contributed by atoms with E-state index < -0.39 is 6.04 Å². The van der Waals surface area contributed by atoms with Gasteiger partial charge in [0.25, 0.3) is 11.8 Å². The number of fused-ring (bicyclic) bond motifs is 4. The van der Waals surface area contributed by atoms with Crippen molar-refractivity contribution in [3.8, 4) is 23.0 Å². The van der Waals surface area contributed by atoms with E-state index in [1.165, 1.54) is 7.11 Å². The molecule has 0 aliphatic carbocycles. The molecule has 44 heavy (non-hydrogen) atoms. The zero-order valence-electron chi connectivity index (χ0n) is 25.0. The van der Waals surface area contributed by atoms with E-state index in [9.17, 15) is 14.4 Å². The molecule has 0 unspecified atom stereocenters. The number of hydrogen-bond donors (Lipinski definition) is 1. The van der Waals surface area contributed by atoms with Gasteiger partial charge in [-0.3, -0.25) is 19.4 Å². The lowest BCUT2D eigenvalue weighted by Gasteiger charge is -2.20. The van der Waals surface area contributed by atoms with Gasteiger partial charge in [-0.05, 0) is 44.2 Å². The number of ether oxygens (including phenoxy) is 4. The highest BCUT2D eigenvalue weighted by Crippen LogP contribution is 2.40. The second-order valence-corrected chi connectivity index (χ2v) is 11.5. The highest BCUT2D eigenvalue weighted by atomic mass is 16.5. The van der Waals surface area contributed by atoms with Crippen LogP contribution in [-0.4, -0.2) is 86.3 Å². The average molecular weight is 601 g/mol. The van der Waals surface area contributed by atoms with Crippen LogP contribution in [0.15, 0.2) is 53.6 Å². The smallest absolute Gasteiger partial charge is 0.257 e. The largest absolute Gasteiger partial charge is 0.493 e. The third-order valence-electron chi connectivity index (χ3n) is 8.36.